The Hall–Kier alpha value is -1.10. The zero-order valence-corrected chi connectivity index (χ0v) is 19.2. The van der Waals surface area contributed by atoms with Crippen LogP contribution in [0, 0.1) is 11.3 Å². The Morgan fingerprint density at radius 3 is 1.52 bits per heavy atom. The molecule has 5 heteroatoms. The minimum atomic E-state index is -0.343. The highest BCUT2D eigenvalue weighted by Gasteiger charge is 2.20. The first kappa shape index (κ1) is 31.6. The van der Waals surface area contributed by atoms with Gasteiger partial charge in [0, 0.05) is 37.5 Å². The normalized spacial score (nSPS) is 9.68. The van der Waals surface area contributed by atoms with Crippen molar-refractivity contribution in [2.75, 3.05) is 33.2 Å². The molecule has 0 aliphatic rings. The molecule has 0 aromatic heterocycles. The lowest BCUT2D eigenvalue weighted by atomic mass is 9.96. The van der Waals surface area contributed by atoms with Crippen molar-refractivity contribution in [1.29, 1.82) is 0 Å². The van der Waals surface area contributed by atoms with Crippen LogP contribution in [0.5, 0.6) is 0 Å². The van der Waals surface area contributed by atoms with Crippen LogP contribution in [0.15, 0.2) is 0 Å². The van der Waals surface area contributed by atoms with Gasteiger partial charge in [0.2, 0.25) is 11.8 Å². The Balaban J connectivity index is -0.000000329. The molecule has 0 bridgehead atoms. The third kappa shape index (κ3) is 22.9. The highest BCUT2D eigenvalue weighted by atomic mass is 16.2. The van der Waals surface area contributed by atoms with Gasteiger partial charge in [-0.25, -0.2) is 0 Å². The topological polar surface area (TPSA) is 61.4 Å². The third-order valence-corrected chi connectivity index (χ3v) is 2.78. The summed E-state index contributed by atoms with van der Waals surface area (Å²) in [4.78, 5) is 25.1. The second kappa shape index (κ2) is 20.9. The summed E-state index contributed by atoms with van der Waals surface area (Å²) < 4.78 is 0. The molecule has 2 amide bonds. The van der Waals surface area contributed by atoms with Crippen molar-refractivity contribution in [3.63, 3.8) is 0 Å². The fourth-order valence-corrected chi connectivity index (χ4v) is 1.31. The van der Waals surface area contributed by atoms with Crippen LogP contribution in [0.4, 0.5) is 0 Å². The first-order valence-corrected chi connectivity index (χ1v) is 9.89. The fraction of sp³-hybridized carbons (Fsp3) is 0.900. The first-order valence-electron chi connectivity index (χ1n) is 9.89. The number of hydrogen-bond acceptors (Lipinski definition) is 3. The summed E-state index contributed by atoms with van der Waals surface area (Å²) in [6.45, 7) is 24.3. The van der Waals surface area contributed by atoms with Gasteiger partial charge in [0.25, 0.3) is 0 Å². The minimum Gasteiger partial charge on any atom is -0.355 e. The molecule has 0 atom stereocenters. The Kier molecular flexibility index (Phi) is 26.5. The molecule has 0 aromatic rings. The van der Waals surface area contributed by atoms with Crippen LogP contribution < -0.4 is 10.6 Å². The van der Waals surface area contributed by atoms with Gasteiger partial charge >= 0.3 is 0 Å². The number of rotatable bonds is 7. The summed E-state index contributed by atoms with van der Waals surface area (Å²) in [5, 5.41) is 5.77. The maximum absolute atomic E-state index is 11.6. The maximum atomic E-state index is 11.6. The predicted octanol–water partition coefficient (Wildman–Crippen LogP) is 3.93. The Morgan fingerprint density at radius 2 is 1.20 bits per heavy atom. The average molecular weight is 362 g/mol. The molecule has 0 saturated carbocycles. The summed E-state index contributed by atoms with van der Waals surface area (Å²) >= 11 is 0. The first-order chi connectivity index (χ1) is 11.6. The van der Waals surface area contributed by atoms with E-state index in [0.717, 1.165) is 13.1 Å². The molecular weight excluding hydrogens is 314 g/mol. The van der Waals surface area contributed by atoms with Crippen LogP contribution in [0.1, 0.15) is 76.2 Å². The zero-order chi connectivity index (χ0) is 21.1. The van der Waals surface area contributed by atoms with Gasteiger partial charge < -0.3 is 15.5 Å². The Morgan fingerprint density at radius 1 is 0.840 bits per heavy atom. The largest absolute Gasteiger partial charge is 0.355 e. The van der Waals surface area contributed by atoms with Gasteiger partial charge in [-0.3, -0.25) is 9.59 Å². The Labute approximate surface area is 158 Å². The van der Waals surface area contributed by atoms with E-state index in [1.807, 2.05) is 83.2 Å². The molecule has 5 nitrogen and oxygen atoms in total. The van der Waals surface area contributed by atoms with E-state index in [1.54, 1.807) is 0 Å². The molecule has 2 N–H and O–H groups in total. The standard InChI is InChI=1S/C14H29N3O2.3C2H6/c1-11(2)12(18)15-7-9-17(6)10-8-16-13(19)14(3,4)5;3*1-2/h11H,7-10H2,1-6H3,(H,15,18)(H,16,19);3*1-2H3. The lowest BCUT2D eigenvalue weighted by molar-refractivity contribution is -0.128. The summed E-state index contributed by atoms with van der Waals surface area (Å²) in [6.07, 6.45) is 0. The van der Waals surface area contributed by atoms with E-state index in [-0.39, 0.29) is 23.1 Å². The summed E-state index contributed by atoms with van der Waals surface area (Å²) in [5.74, 6) is 0.167. The molecule has 154 valence electrons. The van der Waals surface area contributed by atoms with E-state index in [0.29, 0.717) is 13.1 Å². The monoisotopic (exact) mass is 361 g/mol. The van der Waals surface area contributed by atoms with Crippen molar-refractivity contribution in [1.82, 2.24) is 15.5 Å². The molecule has 0 unspecified atom stereocenters. The lowest BCUT2D eigenvalue weighted by Crippen LogP contribution is -2.41. The van der Waals surface area contributed by atoms with Gasteiger partial charge in [-0.05, 0) is 7.05 Å². The minimum absolute atomic E-state index is 0.0244. The summed E-state index contributed by atoms with van der Waals surface area (Å²) in [5.41, 5.74) is -0.343. The molecule has 0 aliphatic heterocycles. The van der Waals surface area contributed by atoms with Crippen LogP contribution in [0.3, 0.4) is 0 Å². The molecule has 0 spiro atoms. The highest BCUT2D eigenvalue weighted by molar-refractivity contribution is 5.81. The van der Waals surface area contributed by atoms with Gasteiger partial charge in [-0.15, -0.1) is 0 Å². The third-order valence-electron chi connectivity index (χ3n) is 2.78. The molecule has 0 radical (unpaired) electrons. The molecule has 0 saturated heterocycles. The molecule has 25 heavy (non-hydrogen) atoms. The molecule has 0 rings (SSSR count). The van der Waals surface area contributed by atoms with Gasteiger partial charge in [0.15, 0.2) is 0 Å². The van der Waals surface area contributed by atoms with Gasteiger partial charge in [0.05, 0.1) is 0 Å². The van der Waals surface area contributed by atoms with E-state index >= 15 is 0 Å². The van der Waals surface area contributed by atoms with E-state index in [9.17, 15) is 9.59 Å². The van der Waals surface area contributed by atoms with Crippen molar-refractivity contribution in [3.05, 3.63) is 0 Å². The van der Waals surface area contributed by atoms with Crippen LogP contribution in [0.2, 0.25) is 0 Å². The number of hydrogen-bond donors (Lipinski definition) is 2. The molecule has 0 aliphatic carbocycles. The van der Waals surface area contributed by atoms with Crippen LogP contribution in [-0.4, -0.2) is 49.9 Å². The average Bonchev–Trinajstić information content (AvgIpc) is 2.59. The number of likely N-dealkylation sites (N-methyl/N-ethyl adjacent to an activating group) is 1. The molecule has 0 aromatic carbocycles. The molecule has 0 heterocycles. The Bertz CT molecular complexity index is 298. The SMILES string of the molecule is CC.CC.CC.CC(C)C(=O)NCCN(C)CCNC(=O)C(C)(C)C. The van der Waals surface area contributed by atoms with E-state index < -0.39 is 0 Å². The second-order valence-electron chi connectivity index (χ2n) is 6.25. The van der Waals surface area contributed by atoms with Crippen molar-refractivity contribution in [3.8, 4) is 0 Å². The van der Waals surface area contributed by atoms with Crippen LogP contribution >= 0.6 is 0 Å². The van der Waals surface area contributed by atoms with Gasteiger partial charge in [-0.1, -0.05) is 76.2 Å². The summed E-state index contributed by atoms with van der Waals surface area (Å²) in [6, 6.07) is 0. The van der Waals surface area contributed by atoms with E-state index in [1.165, 1.54) is 0 Å². The van der Waals surface area contributed by atoms with Crippen molar-refractivity contribution < 1.29 is 9.59 Å². The summed E-state index contributed by atoms with van der Waals surface area (Å²) in [7, 11) is 1.98. The molecule has 0 fully saturated rings. The maximum Gasteiger partial charge on any atom is 0.225 e. The second-order valence-corrected chi connectivity index (χ2v) is 6.25. The van der Waals surface area contributed by atoms with Crippen molar-refractivity contribution >= 4 is 11.8 Å². The number of nitrogens with one attached hydrogen (secondary N) is 2. The molecular formula is C20H47N3O2. The van der Waals surface area contributed by atoms with Gasteiger partial charge in [-0.2, -0.15) is 0 Å². The highest BCUT2D eigenvalue weighted by Crippen LogP contribution is 2.11. The van der Waals surface area contributed by atoms with Crippen LogP contribution in [-0.2, 0) is 9.59 Å². The zero-order valence-electron chi connectivity index (χ0n) is 19.2. The van der Waals surface area contributed by atoms with E-state index in [4.69, 9.17) is 0 Å². The smallest absolute Gasteiger partial charge is 0.225 e. The predicted molar refractivity (Wildman–Crippen MR) is 112 cm³/mol. The van der Waals surface area contributed by atoms with Crippen molar-refractivity contribution in [2.45, 2.75) is 76.2 Å². The van der Waals surface area contributed by atoms with Crippen molar-refractivity contribution in [2.24, 2.45) is 11.3 Å². The number of amides is 2. The van der Waals surface area contributed by atoms with Crippen LogP contribution in [0.25, 0.3) is 0 Å². The van der Waals surface area contributed by atoms with Gasteiger partial charge in [0.1, 0.15) is 0 Å². The number of nitrogens with zero attached hydrogens (tertiary/aromatic N) is 1. The fourth-order valence-electron chi connectivity index (χ4n) is 1.31. The number of carbonyl (C=O) groups excluding carboxylic acids is 2. The number of carbonyl (C=O) groups is 2. The quantitative estimate of drug-likeness (QED) is 0.722. The lowest BCUT2D eigenvalue weighted by Gasteiger charge is -2.21. The van der Waals surface area contributed by atoms with E-state index in [2.05, 4.69) is 15.5 Å².